The van der Waals surface area contributed by atoms with Crippen LogP contribution in [0.4, 0.5) is 19.3 Å². The predicted octanol–water partition coefficient (Wildman–Crippen LogP) is 7.37. The molecule has 0 bridgehead atoms. The number of carbonyl (C=O) groups is 5. The molecule has 4 aromatic rings. The van der Waals surface area contributed by atoms with Crippen molar-refractivity contribution < 1.29 is 47.3 Å². The Morgan fingerprint density at radius 1 is 0.919 bits per heavy atom. The van der Waals surface area contributed by atoms with E-state index in [0.29, 0.717) is 23.9 Å². The van der Waals surface area contributed by atoms with Gasteiger partial charge in [-0.1, -0.05) is 61.0 Å². The number of amides is 6. The first-order valence-corrected chi connectivity index (χ1v) is 26.4. The van der Waals surface area contributed by atoms with Gasteiger partial charge in [-0.05, 0) is 106 Å². The molecular weight excluding hydrogens is 972 g/mol. The van der Waals surface area contributed by atoms with Gasteiger partial charge < -0.3 is 45.2 Å². The zero-order valence-electron chi connectivity index (χ0n) is 41.8. The summed E-state index contributed by atoms with van der Waals surface area (Å²) in [6.45, 7) is 6.29. The average Bonchev–Trinajstić information content (AvgIpc) is 3.83. The summed E-state index contributed by atoms with van der Waals surface area (Å²) < 4.78 is 44.6. The van der Waals surface area contributed by atoms with E-state index >= 15 is 8.78 Å². The molecule has 0 radical (unpaired) electrons. The molecule has 4 fully saturated rings. The van der Waals surface area contributed by atoms with Crippen LogP contribution in [0.5, 0.6) is 11.5 Å². The van der Waals surface area contributed by atoms with Crippen LogP contribution in [0.2, 0.25) is 5.02 Å². The predicted molar refractivity (Wildman–Crippen MR) is 274 cm³/mol. The molecule has 1 saturated carbocycles. The lowest BCUT2D eigenvalue weighted by Gasteiger charge is -2.40. The Morgan fingerprint density at radius 2 is 1.65 bits per heavy atom. The number of primary amides is 1. The van der Waals surface area contributed by atoms with Crippen LogP contribution >= 0.6 is 11.6 Å². The summed E-state index contributed by atoms with van der Waals surface area (Å²) in [7, 11) is 1.75. The number of nitrogens with zero attached hydrogens (tertiary/aromatic N) is 4. The highest BCUT2D eigenvalue weighted by Gasteiger charge is 2.51. The fourth-order valence-electron chi connectivity index (χ4n) is 12.6. The van der Waals surface area contributed by atoms with E-state index in [9.17, 15) is 29.1 Å². The maximum Gasteiger partial charge on any atom is 0.325 e. The fourth-order valence-corrected chi connectivity index (χ4v) is 12.9. The van der Waals surface area contributed by atoms with E-state index in [4.69, 9.17) is 26.8 Å². The molecule has 1 unspecified atom stereocenters. The molecule has 4 aromatic carbocycles. The zero-order valence-corrected chi connectivity index (χ0v) is 42.6. The number of piperidine rings is 2. The molecule has 3 saturated heterocycles. The lowest BCUT2D eigenvalue weighted by molar-refractivity contribution is -0.138. The monoisotopic (exact) mass is 1040 g/mol. The second kappa shape index (κ2) is 21.2. The van der Waals surface area contributed by atoms with Crippen LogP contribution in [0.3, 0.4) is 0 Å². The van der Waals surface area contributed by atoms with E-state index in [1.54, 1.807) is 11.9 Å². The maximum absolute atomic E-state index is 16.5. The first kappa shape index (κ1) is 51.4. The van der Waals surface area contributed by atoms with Gasteiger partial charge in [0, 0.05) is 98.1 Å². The summed E-state index contributed by atoms with van der Waals surface area (Å²) in [5, 5.41) is 15.1. The van der Waals surface area contributed by atoms with Gasteiger partial charge in [-0.25, -0.2) is 13.6 Å². The standard InChI is InChI=1S/C56H64ClF2N7O8/c1-32-46-44(29-41(58)49(57)48(46)47-40(52(60)69)14-15-43(50(47)59)73-27-26-67)74-56(32,37-6-4-3-5-7-37)31-61-38-11-8-35(9-12-38)53(70)65-23-16-33(17-24-65)30-64-21-18-34(19-22-64)36-10-13-39-42(28-36)63(2)54(71)51(39)66-25-20-45(68)62-55(66)72/h3-7,10,13-15,28-29,32-35,38,51,61,67H,8-9,11-12,16-27,30-31H2,1-2H3,(H2,60,69)(H,62,68,72)/t32-,35?,38?,51?,56-/m0/s1. The molecule has 0 aromatic heterocycles. The number of anilines is 1. The second-order valence-corrected chi connectivity index (χ2v) is 21.3. The number of nitrogens with one attached hydrogen (secondary N) is 2. The number of likely N-dealkylation sites (N-methyl/N-ethyl adjacent to an activating group) is 1. The number of nitrogens with two attached hydrogens (primary N) is 1. The van der Waals surface area contributed by atoms with Gasteiger partial charge in [0.15, 0.2) is 17.2 Å². The Kier molecular flexibility index (Phi) is 14.7. The van der Waals surface area contributed by atoms with E-state index in [-0.39, 0.29) is 84.1 Å². The average molecular weight is 1040 g/mol. The van der Waals surface area contributed by atoms with Crippen molar-refractivity contribution in [3.8, 4) is 22.6 Å². The number of fused-ring (bicyclic) bond motifs is 2. The molecule has 1 aliphatic carbocycles. The van der Waals surface area contributed by atoms with Crippen molar-refractivity contribution >= 4 is 46.9 Å². The summed E-state index contributed by atoms with van der Waals surface area (Å²) in [5.74, 6) is -2.88. The summed E-state index contributed by atoms with van der Waals surface area (Å²) in [4.78, 5) is 72.3. The normalized spacial score (nSPS) is 24.7. The number of likely N-dealkylation sites (tertiary alicyclic amines) is 2. The summed E-state index contributed by atoms with van der Waals surface area (Å²) >= 11 is 6.73. The minimum Gasteiger partial charge on any atom is -0.488 e. The third-order valence-electron chi connectivity index (χ3n) is 16.8. The van der Waals surface area contributed by atoms with Crippen molar-refractivity contribution in [3.05, 3.63) is 111 Å². The topological polar surface area (TPSA) is 187 Å². The minimum atomic E-state index is -1.11. The number of ether oxygens (including phenoxy) is 2. The molecule has 5 N–H and O–H groups in total. The SMILES string of the molecule is C[C@H]1c2c(cc(F)c(Cl)c2-c2c(C(N)=O)ccc(OCCO)c2F)O[C@]1(CNC1CCC(C(=O)N2CCC(CN3CCC(c4ccc5c(c4)N(C)C(=O)C5N4CCC(=O)NC4=O)CC3)CC2)CC1)c1ccccc1. The Hall–Kier alpha value is -6.14. The number of halogens is 3. The number of imide groups is 1. The Morgan fingerprint density at radius 3 is 2.34 bits per heavy atom. The largest absolute Gasteiger partial charge is 0.488 e. The van der Waals surface area contributed by atoms with Crippen LogP contribution < -0.4 is 30.7 Å². The quantitative estimate of drug-likeness (QED) is 0.0994. The van der Waals surface area contributed by atoms with Crippen molar-refractivity contribution in [2.45, 2.75) is 94.2 Å². The van der Waals surface area contributed by atoms with Crippen molar-refractivity contribution in [3.63, 3.8) is 0 Å². The lowest BCUT2D eigenvalue weighted by Crippen LogP contribution is -2.52. The smallest absolute Gasteiger partial charge is 0.325 e. The molecule has 6 amide bonds. The molecule has 6 aliphatic rings. The number of carbonyl (C=O) groups excluding carboxylic acids is 5. The number of hydrogen-bond donors (Lipinski definition) is 4. The highest BCUT2D eigenvalue weighted by Crippen LogP contribution is 2.57. The zero-order chi connectivity index (χ0) is 52.0. The van der Waals surface area contributed by atoms with E-state index in [1.807, 2.05) is 43.3 Å². The van der Waals surface area contributed by atoms with Crippen molar-refractivity contribution in [2.24, 2.45) is 17.6 Å². The fraction of sp³-hybridized carbons (Fsp3) is 0.482. The number of aliphatic hydroxyl groups is 1. The Balaban J connectivity index is 0.727. The Bertz CT molecular complexity index is 2830. The van der Waals surface area contributed by atoms with Crippen LogP contribution in [-0.2, 0) is 20.0 Å². The third kappa shape index (κ3) is 9.60. The van der Waals surface area contributed by atoms with E-state index in [0.717, 1.165) is 101 Å². The maximum atomic E-state index is 16.5. The lowest BCUT2D eigenvalue weighted by atomic mass is 9.77. The number of rotatable bonds is 14. The van der Waals surface area contributed by atoms with Gasteiger partial charge in [0.1, 0.15) is 24.2 Å². The molecule has 392 valence electrons. The van der Waals surface area contributed by atoms with Crippen molar-refractivity contribution in [1.82, 2.24) is 25.3 Å². The number of aliphatic hydroxyl groups excluding tert-OH is 1. The summed E-state index contributed by atoms with van der Waals surface area (Å²) in [6.07, 6.45) is 7.15. The molecule has 10 rings (SSSR count). The van der Waals surface area contributed by atoms with Crippen LogP contribution in [0.15, 0.2) is 66.7 Å². The van der Waals surface area contributed by atoms with Crippen molar-refractivity contribution in [2.75, 3.05) is 71.0 Å². The highest BCUT2D eigenvalue weighted by atomic mass is 35.5. The van der Waals surface area contributed by atoms with E-state index < -0.39 is 46.2 Å². The third-order valence-corrected chi connectivity index (χ3v) is 17.2. The molecule has 3 atom stereocenters. The van der Waals surface area contributed by atoms with Gasteiger partial charge in [0.05, 0.1) is 17.2 Å². The first-order valence-electron chi connectivity index (χ1n) is 26.1. The molecular formula is C56H64ClF2N7O8. The van der Waals surface area contributed by atoms with Gasteiger partial charge in [0.2, 0.25) is 17.7 Å². The van der Waals surface area contributed by atoms with Gasteiger partial charge in [-0.3, -0.25) is 24.5 Å². The first-order chi connectivity index (χ1) is 35.7. The van der Waals surface area contributed by atoms with Crippen LogP contribution in [-0.4, -0.2) is 122 Å². The van der Waals surface area contributed by atoms with E-state index in [2.05, 4.69) is 32.6 Å². The van der Waals surface area contributed by atoms with Crippen LogP contribution in [0, 0.1) is 23.5 Å². The van der Waals surface area contributed by atoms with Gasteiger partial charge in [-0.2, -0.15) is 0 Å². The summed E-state index contributed by atoms with van der Waals surface area (Å²) in [6, 6.07) is 18.3. The highest BCUT2D eigenvalue weighted by molar-refractivity contribution is 6.34. The molecule has 15 nitrogen and oxygen atoms in total. The van der Waals surface area contributed by atoms with Crippen LogP contribution in [0.25, 0.3) is 11.1 Å². The summed E-state index contributed by atoms with van der Waals surface area (Å²) in [5.41, 5.74) is 8.10. The number of urea groups is 1. The second-order valence-electron chi connectivity index (χ2n) is 21.0. The number of benzene rings is 4. The molecule has 74 heavy (non-hydrogen) atoms. The molecule has 5 aliphatic heterocycles. The van der Waals surface area contributed by atoms with Gasteiger partial charge in [-0.15, -0.1) is 0 Å². The Labute approximate surface area is 434 Å². The molecule has 18 heteroatoms. The van der Waals surface area contributed by atoms with Gasteiger partial charge >= 0.3 is 6.03 Å². The van der Waals surface area contributed by atoms with Gasteiger partial charge in [0.25, 0.3) is 5.91 Å². The minimum absolute atomic E-state index is 0.0542. The molecule has 0 spiro atoms. The van der Waals surface area contributed by atoms with Crippen molar-refractivity contribution in [1.29, 1.82) is 0 Å². The van der Waals surface area contributed by atoms with Crippen LogP contribution in [0.1, 0.15) is 115 Å². The molecule has 5 heterocycles. The van der Waals surface area contributed by atoms with E-state index in [1.165, 1.54) is 28.7 Å². The number of hydrogen-bond acceptors (Lipinski definition) is 10.